The van der Waals surface area contributed by atoms with Crippen LogP contribution >= 0.6 is 0 Å². The monoisotopic (exact) mass is 537 g/mol. The summed E-state index contributed by atoms with van der Waals surface area (Å²) in [5.41, 5.74) is -0.0729. The lowest BCUT2D eigenvalue weighted by Crippen LogP contribution is -2.45. The van der Waals surface area contributed by atoms with Crippen LogP contribution in [-0.4, -0.2) is 50.0 Å². The number of amides is 2. The average molecular weight is 538 g/mol. The molecule has 2 aromatic rings. The normalized spacial score (nSPS) is 22.2. The maximum Gasteiger partial charge on any atom is 0.416 e. The molecule has 37 heavy (non-hydrogen) atoms. The first-order chi connectivity index (χ1) is 17.5. The molecule has 0 aliphatic carbocycles. The Hall–Kier alpha value is -3.22. The van der Waals surface area contributed by atoms with Crippen LogP contribution in [-0.2, 0) is 32.3 Å². The van der Waals surface area contributed by atoms with E-state index in [2.05, 4.69) is 17.2 Å². The lowest BCUT2D eigenvalue weighted by atomic mass is 9.94. The molecule has 2 fully saturated rings. The summed E-state index contributed by atoms with van der Waals surface area (Å²) in [7, 11) is -3.83. The lowest BCUT2D eigenvalue weighted by Gasteiger charge is -2.33. The number of alkyl halides is 3. The zero-order chi connectivity index (χ0) is 26.8. The molecule has 0 bridgehead atoms. The standard InChI is InChI=1S/C25H26F3N3O5S/c1-2-22(32)30-23-13-18-11-12-31(15-21(18)36-23)37(34,35)20-9-5-17(6-10-20)24(33)29-14-16-3-7-19(8-4-16)25(26,27)28/h2-10,18,21,23H,1,11-15H2,(H,29,33)(H,30,32). The van der Waals surface area contributed by atoms with Gasteiger partial charge in [0.1, 0.15) is 6.23 Å². The van der Waals surface area contributed by atoms with E-state index in [4.69, 9.17) is 4.74 Å². The Morgan fingerprint density at radius 3 is 2.41 bits per heavy atom. The van der Waals surface area contributed by atoms with Crippen molar-refractivity contribution in [2.75, 3.05) is 13.1 Å². The van der Waals surface area contributed by atoms with E-state index in [1.165, 1.54) is 40.7 Å². The number of benzene rings is 2. The van der Waals surface area contributed by atoms with E-state index in [0.717, 1.165) is 18.2 Å². The van der Waals surface area contributed by atoms with Gasteiger partial charge in [0.05, 0.1) is 16.6 Å². The predicted molar refractivity (Wildman–Crippen MR) is 128 cm³/mol. The van der Waals surface area contributed by atoms with Crippen LogP contribution < -0.4 is 10.6 Å². The average Bonchev–Trinajstić information content (AvgIpc) is 3.28. The highest BCUT2D eigenvalue weighted by molar-refractivity contribution is 7.89. The molecule has 2 amide bonds. The molecule has 2 aliphatic heterocycles. The highest BCUT2D eigenvalue weighted by Crippen LogP contribution is 2.34. The van der Waals surface area contributed by atoms with Crippen molar-refractivity contribution in [2.45, 2.75) is 42.8 Å². The van der Waals surface area contributed by atoms with E-state index in [-0.39, 0.29) is 41.5 Å². The summed E-state index contributed by atoms with van der Waals surface area (Å²) >= 11 is 0. The molecule has 0 saturated carbocycles. The molecular formula is C25H26F3N3O5S. The largest absolute Gasteiger partial charge is 0.416 e. The number of hydrogen-bond acceptors (Lipinski definition) is 5. The molecular weight excluding hydrogens is 511 g/mol. The molecule has 198 valence electrons. The molecule has 12 heteroatoms. The van der Waals surface area contributed by atoms with Gasteiger partial charge in [0.2, 0.25) is 15.9 Å². The number of piperidine rings is 1. The van der Waals surface area contributed by atoms with Gasteiger partial charge >= 0.3 is 6.18 Å². The second kappa shape index (κ2) is 10.6. The first-order valence-corrected chi connectivity index (χ1v) is 13.0. The van der Waals surface area contributed by atoms with E-state index in [1.54, 1.807) is 0 Å². The van der Waals surface area contributed by atoms with Crippen molar-refractivity contribution >= 4 is 21.8 Å². The highest BCUT2D eigenvalue weighted by atomic mass is 32.2. The van der Waals surface area contributed by atoms with Crippen LogP contribution in [0.3, 0.4) is 0 Å². The first-order valence-electron chi connectivity index (χ1n) is 11.6. The van der Waals surface area contributed by atoms with Crippen LogP contribution in [0.15, 0.2) is 66.1 Å². The number of carbonyl (C=O) groups excluding carboxylic acids is 2. The quantitative estimate of drug-likeness (QED) is 0.529. The Balaban J connectivity index is 1.34. The van der Waals surface area contributed by atoms with Gasteiger partial charge in [-0.3, -0.25) is 9.59 Å². The van der Waals surface area contributed by atoms with E-state index in [1.807, 2.05) is 0 Å². The first kappa shape index (κ1) is 26.8. The summed E-state index contributed by atoms with van der Waals surface area (Å²) in [6.45, 7) is 3.89. The summed E-state index contributed by atoms with van der Waals surface area (Å²) in [5.74, 6) is -0.703. The fraction of sp³-hybridized carbons (Fsp3) is 0.360. The van der Waals surface area contributed by atoms with Crippen LogP contribution in [0.1, 0.15) is 34.3 Å². The maximum absolute atomic E-state index is 13.2. The fourth-order valence-corrected chi connectivity index (χ4v) is 5.92. The number of hydrogen-bond donors (Lipinski definition) is 2. The Labute approximate surface area is 212 Å². The van der Waals surface area contributed by atoms with E-state index >= 15 is 0 Å². The third kappa shape index (κ3) is 6.20. The molecule has 2 aromatic carbocycles. The second-order valence-corrected chi connectivity index (χ2v) is 10.9. The number of ether oxygens (including phenoxy) is 1. The highest BCUT2D eigenvalue weighted by Gasteiger charge is 2.42. The molecule has 2 heterocycles. The van der Waals surface area contributed by atoms with Crippen molar-refractivity contribution in [1.82, 2.24) is 14.9 Å². The zero-order valence-corrected chi connectivity index (χ0v) is 20.5. The summed E-state index contributed by atoms with van der Waals surface area (Å²) in [4.78, 5) is 24.0. The van der Waals surface area contributed by atoms with Crippen molar-refractivity contribution < 1.29 is 35.9 Å². The van der Waals surface area contributed by atoms with Gasteiger partial charge in [0.15, 0.2) is 0 Å². The van der Waals surface area contributed by atoms with Crippen molar-refractivity contribution in [1.29, 1.82) is 0 Å². The molecule has 0 aromatic heterocycles. The maximum atomic E-state index is 13.2. The van der Waals surface area contributed by atoms with Gasteiger partial charge in [0, 0.05) is 25.2 Å². The van der Waals surface area contributed by atoms with Gasteiger partial charge < -0.3 is 15.4 Å². The molecule has 4 rings (SSSR count). The number of nitrogens with zero attached hydrogens (tertiary/aromatic N) is 1. The SMILES string of the molecule is C=CC(=O)NC1CC2CCN(S(=O)(=O)c3ccc(C(=O)NCc4ccc(C(F)(F)F)cc4)cc3)CC2O1. The van der Waals surface area contributed by atoms with Crippen LogP contribution in [0.25, 0.3) is 0 Å². The number of fused-ring (bicyclic) bond motifs is 1. The van der Waals surface area contributed by atoms with Gasteiger partial charge in [0.25, 0.3) is 5.91 Å². The van der Waals surface area contributed by atoms with Gasteiger partial charge in [-0.2, -0.15) is 17.5 Å². The minimum absolute atomic E-state index is 0.0155. The Morgan fingerprint density at radius 2 is 1.78 bits per heavy atom. The zero-order valence-electron chi connectivity index (χ0n) is 19.7. The third-order valence-corrected chi connectivity index (χ3v) is 8.37. The van der Waals surface area contributed by atoms with Crippen molar-refractivity contribution in [3.05, 3.63) is 77.9 Å². The van der Waals surface area contributed by atoms with E-state index in [9.17, 15) is 31.2 Å². The van der Waals surface area contributed by atoms with Gasteiger partial charge in [-0.25, -0.2) is 8.42 Å². The van der Waals surface area contributed by atoms with Crippen molar-refractivity contribution in [2.24, 2.45) is 5.92 Å². The van der Waals surface area contributed by atoms with Crippen LogP contribution in [0, 0.1) is 5.92 Å². The topological polar surface area (TPSA) is 105 Å². The molecule has 2 aliphatic rings. The molecule has 8 nitrogen and oxygen atoms in total. The minimum atomic E-state index is -4.44. The van der Waals surface area contributed by atoms with Gasteiger partial charge in [-0.05, 0) is 66.8 Å². The molecule has 3 atom stereocenters. The number of rotatable bonds is 7. The number of nitrogens with one attached hydrogen (secondary N) is 2. The molecule has 0 spiro atoms. The molecule has 2 N–H and O–H groups in total. The summed E-state index contributed by atoms with van der Waals surface area (Å²) in [6, 6.07) is 9.91. The molecule has 0 radical (unpaired) electrons. The Bertz CT molecular complexity index is 1260. The minimum Gasteiger partial charge on any atom is -0.354 e. The Morgan fingerprint density at radius 1 is 1.11 bits per heavy atom. The van der Waals surface area contributed by atoms with Crippen molar-refractivity contribution in [3.63, 3.8) is 0 Å². The Kier molecular flexibility index (Phi) is 7.72. The number of halogens is 3. The third-order valence-electron chi connectivity index (χ3n) is 6.49. The summed E-state index contributed by atoms with van der Waals surface area (Å²) in [6.07, 6.45) is -2.91. The summed E-state index contributed by atoms with van der Waals surface area (Å²) in [5, 5.41) is 5.30. The summed E-state index contributed by atoms with van der Waals surface area (Å²) < 4.78 is 71.6. The molecule has 3 unspecified atom stereocenters. The number of carbonyl (C=O) groups is 2. The smallest absolute Gasteiger partial charge is 0.354 e. The predicted octanol–water partition coefficient (Wildman–Crippen LogP) is 3.06. The van der Waals surface area contributed by atoms with Crippen molar-refractivity contribution in [3.8, 4) is 0 Å². The number of sulfonamides is 1. The van der Waals surface area contributed by atoms with E-state index < -0.39 is 33.9 Å². The fourth-order valence-electron chi connectivity index (χ4n) is 4.45. The van der Waals surface area contributed by atoms with E-state index in [0.29, 0.717) is 24.9 Å². The lowest BCUT2D eigenvalue weighted by molar-refractivity contribution is -0.137. The van der Waals surface area contributed by atoms with Gasteiger partial charge in [-0.15, -0.1) is 0 Å². The van der Waals surface area contributed by atoms with Crippen LogP contribution in [0.4, 0.5) is 13.2 Å². The van der Waals surface area contributed by atoms with Crippen LogP contribution in [0.5, 0.6) is 0 Å². The van der Waals surface area contributed by atoms with Crippen LogP contribution in [0.2, 0.25) is 0 Å². The second-order valence-electron chi connectivity index (χ2n) is 8.93. The molecule has 2 saturated heterocycles. The van der Waals surface area contributed by atoms with Gasteiger partial charge in [-0.1, -0.05) is 18.7 Å².